The molecule has 2 nitrogen and oxygen atoms in total. The minimum absolute atomic E-state index is 1.08. The highest BCUT2D eigenvalue weighted by Crippen LogP contribution is 2.49. The molecule has 0 N–H and O–H groups in total. The van der Waals surface area contributed by atoms with Crippen LogP contribution in [0.2, 0.25) is 0 Å². The fraction of sp³-hybridized carbons (Fsp3) is 0. The molecule has 0 unspecified atom stereocenters. The average molecular weight is 789 g/mol. The third kappa shape index (κ3) is 5.88. The molecule has 1 heterocycles. The molecule has 0 aliphatic heterocycles. The van der Waals surface area contributed by atoms with Gasteiger partial charge in [-0.15, -0.1) is 0 Å². The molecule has 0 fully saturated rings. The van der Waals surface area contributed by atoms with Gasteiger partial charge in [-0.25, -0.2) is 0 Å². The number of nitrogens with zero attached hydrogens (tertiary/aromatic N) is 2. The monoisotopic (exact) mass is 788 g/mol. The van der Waals surface area contributed by atoms with Crippen LogP contribution < -0.4 is 4.90 Å². The van der Waals surface area contributed by atoms with Crippen LogP contribution in [0.5, 0.6) is 0 Å². The Labute approximate surface area is 360 Å². The Bertz CT molecular complexity index is 3620. The summed E-state index contributed by atoms with van der Waals surface area (Å²) in [5, 5.41) is 9.79. The van der Waals surface area contributed by atoms with Gasteiger partial charge in [0, 0.05) is 27.8 Å². The molecule has 62 heavy (non-hydrogen) atoms. The molecule has 0 atom stereocenters. The normalized spacial score (nSPS) is 11.5. The Morgan fingerprint density at radius 1 is 0.290 bits per heavy atom. The van der Waals surface area contributed by atoms with Gasteiger partial charge in [0.15, 0.2) is 0 Å². The Morgan fingerprint density at radius 3 is 1.60 bits per heavy atom. The number of hydrogen-bond acceptors (Lipinski definition) is 1. The third-order valence-corrected chi connectivity index (χ3v) is 12.5. The molecule has 0 bridgehead atoms. The molecular formula is C60H40N2. The van der Waals surface area contributed by atoms with Crippen molar-refractivity contribution in [3.05, 3.63) is 243 Å². The summed E-state index contributed by atoms with van der Waals surface area (Å²) in [4.78, 5) is 2.48. The maximum absolute atomic E-state index is 2.48. The zero-order valence-corrected chi connectivity index (χ0v) is 34.0. The van der Waals surface area contributed by atoms with Gasteiger partial charge < -0.3 is 9.47 Å². The van der Waals surface area contributed by atoms with Gasteiger partial charge in [-0.2, -0.15) is 0 Å². The van der Waals surface area contributed by atoms with Crippen molar-refractivity contribution in [1.29, 1.82) is 0 Å². The highest BCUT2D eigenvalue weighted by atomic mass is 15.2. The average Bonchev–Trinajstić information content (AvgIpc) is 3.69. The van der Waals surface area contributed by atoms with Crippen LogP contribution in [-0.2, 0) is 0 Å². The molecule has 0 saturated carbocycles. The lowest BCUT2D eigenvalue weighted by Crippen LogP contribution is -2.12. The second-order valence-electron chi connectivity index (χ2n) is 16.1. The maximum Gasteiger partial charge on any atom is 0.0782 e. The number of rotatable bonds is 7. The van der Waals surface area contributed by atoms with Crippen molar-refractivity contribution in [2.75, 3.05) is 4.90 Å². The van der Waals surface area contributed by atoms with Crippen LogP contribution in [-0.4, -0.2) is 4.57 Å². The fourth-order valence-corrected chi connectivity index (χ4v) is 9.78. The van der Waals surface area contributed by atoms with E-state index >= 15 is 0 Å². The molecule has 12 rings (SSSR count). The van der Waals surface area contributed by atoms with Crippen molar-refractivity contribution in [1.82, 2.24) is 4.57 Å². The van der Waals surface area contributed by atoms with E-state index in [0.29, 0.717) is 0 Å². The lowest BCUT2D eigenvalue weighted by Gasteiger charge is -2.28. The summed E-state index contributed by atoms with van der Waals surface area (Å²) in [7, 11) is 0. The van der Waals surface area contributed by atoms with Gasteiger partial charge in [0.2, 0.25) is 0 Å². The first-order valence-corrected chi connectivity index (χ1v) is 21.3. The van der Waals surface area contributed by atoms with Crippen molar-refractivity contribution in [2.24, 2.45) is 0 Å². The van der Waals surface area contributed by atoms with Crippen LogP contribution in [0.4, 0.5) is 17.1 Å². The molecule has 290 valence electrons. The molecule has 0 aliphatic carbocycles. The fourth-order valence-electron chi connectivity index (χ4n) is 9.78. The van der Waals surface area contributed by atoms with Crippen molar-refractivity contribution >= 4 is 71.2 Å². The van der Waals surface area contributed by atoms with E-state index < -0.39 is 0 Å². The number of anilines is 3. The highest BCUT2D eigenvalue weighted by Gasteiger charge is 2.24. The molecule has 12 aromatic rings. The minimum atomic E-state index is 1.08. The maximum atomic E-state index is 2.48. The Kier molecular flexibility index (Phi) is 8.53. The summed E-state index contributed by atoms with van der Waals surface area (Å²) in [5.74, 6) is 0. The molecule has 0 amide bonds. The highest BCUT2D eigenvalue weighted by molar-refractivity contribution is 6.22. The lowest BCUT2D eigenvalue weighted by molar-refractivity contribution is 1.17. The summed E-state index contributed by atoms with van der Waals surface area (Å²) < 4.78 is 2.47. The standard InChI is InChI=1S/C60H40N2/c1-4-18-41(19-5-1)46-26-16-27-47(38-46)61(57-33-17-31-54-52-29-14-15-32-56(52)62(60(54)57)48-35-34-42-20-10-11-25-45(42)39-48)49-36-37-51-50-28-12-13-30-53(50)58(43-21-6-2-7-22-43)59(55(51)40-49)44-23-8-3-9-24-44/h1-40H. The van der Waals surface area contributed by atoms with E-state index in [-0.39, 0.29) is 0 Å². The van der Waals surface area contributed by atoms with Gasteiger partial charge in [-0.3, -0.25) is 0 Å². The van der Waals surface area contributed by atoms with Crippen LogP contribution in [0.1, 0.15) is 0 Å². The zero-order chi connectivity index (χ0) is 41.0. The number of aromatic nitrogens is 1. The van der Waals surface area contributed by atoms with Crippen LogP contribution in [0.25, 0.3) is 93.2 Å². The first-order valence-electron chi connectivity index (χ1n) is 21.3. The van der Waals surface area contributed by atoms with Gasteiger partial charge in [-0.1, -0.05) is 194 Å². The van der Waals surface area contributed by atoms with E-state index in [0.717, 1.165) is 28.3 Å². The molecular weight excluding hydrogens is 749 g/mol. The molecule has 0 aliphatic rings. The largest absolute Gasteiger partial charge is 0.308 e. The molecule has 0 spiro atoms. The summed E-state index contributed by atoms with van der Waals surface area (Å²) in [6.07, 6.45) is 0. The Balaban J connectivity index is 1.20. The van der Waals surface area contributed by atoms with Crippen LogP contribution in [0, 0.1) is 0 Å². The van der Waals surface area contributed by atoms with Gasteiger partial charge in [0.1, 0.15) is 0 Å². The van der Waals surface area contributed by atoms with Crippen LogP contribution in [0.3, 0.4) is 0 Å². The van der Waals surface area contributed by atoms with Gasteiger partial charge in [0.25, 0.3) is 0 Å². The first kappa shape index (κ1) is 35.7. The second-order valence-corrected chi connectivity index (χ2v) is 16.1. The topological polar surface area (TPSA) is 8.17 Å². The predicted molar refractivity (Wildman–Crippen MR) is 264 cm³/mol. The van der Waals surface area contributed by atoms with Crippen molar-refractivity contribution in [3.8, 4) is 39.1 Å². The minimum Gasteiger partial charge on any atom is -0.308 e. The molecule has 0 radical (unpaired) electrons. The summed E-state index contributed by atoms with van der Waals surface area (Å²) in [6.45, 7) is 0. The van der Waals surface area contributed by atoms with Gasteiger partial charge in [0.05, 0.1) is 16.7 Å². The third-order valence-electron chi connectivity index (χ3n) is 12.5. The number of para-hydroxylation sites is 2. The van der Waals surface area contributed by atoms with Crippen LogP contribution >= 0.6 is 0 Å². The molecule has 0 saturated heterocycles. The van der Waals surface area contributed by atoms with E-state index in [4.69, 9.17) is 0 Å². The molecule has 2 heteroatoms. The second kappa shape index (κ2) is 14.8. The van der Waals surface area contributed by atoms with Crippen molar-refractivity contribution in [3.63, 3.8) is 0 Å². The molecule has 1 aromatic heterocycles. The Hall–Kier alpha value is -8.20. The Morgan fingerprint density at radius 2 is 0.839 bits per heavy atom. The summed E-state index contributed by atoms with van der Waals surface area (Å²) in [6, 6.07) is 88.7. The van der Waals surface area contributed by atoms with Gasteiger partial charge in [-0.05, 0) is 114 Å². The summed E-state index contributed by atoms with van der Waals surface area (Å²) in [5.41, 5.74) is 13.9. The van der Waals surface area contributed by atoms with Crippen molar-refractivity contribution < 1.29 is 0 Å². The SMILES string of the molecule is c1ccc(-c2cccc(N(c3ccc4c(c3)c(-c3ccccc3)c(-c3ccccc3)c3ccccc34)c3cccc4c5ccccc5n(-c5ccc6ccccc6c5)c34)c2)cc1. The zero-order valence-electron chi connectivity index (χ0n) is 34.0. The number of hydrogen-bond donors (Lipinski definition) is 0. The quantitative estimate of drug-likeness (QED) is 0.146. The number of fused-ring (bicyclic) bond motifs is 7. The van der Waals surface area contributed by atoms with E-state index in [1.165, 1.54) is 82.0 Å². The van der Waals surface area contributed by atoms with Crippen LogP contribution in [0.15, 0.2) is 243 Å². The molecule has 11 aromatic carbocycles. The van der Waals surface area contributed by atoms with E-state index in [9.17, 15) is 0 Å². The summed E-state index contributed by atoms with van der Waals surface area (Å²) >= 11 is 0. The smallest absolute Gasteiger partial charge is 0.0782 e. The number of benzene rings is 11. The van der Waals surface area contributed by atoms with Crippen molar-refractivity contribution in [2.45, 2.75) is 0 Å². The lowest BCUT2D eigenvalue weighted by atomic mass is 9.85. The predicted octanol–water partition coefficient (Wildman–Crippen LogP) is 16.7. The van der Waals surface area contributed by atoms with Gasteiger partial charge >= 0.3 is 0 Å². The van der Waals surface area contributed by atoms with E-state index in [1.54, 1.807) is 0 Å². The first-order chi connectivity index (χ1) is 30.8. The van der Waals surface area contributed by atoms with E-state index in [2.05, 4.69) is 252 Å². The van der Waals surface area contributed by atoms with E-state index in [1.807, 2.05) is 0 Å².